The summed E-state index contributed by atoms with van der Waals surface area (Å²) in [6, 6.07) is 10.1. The van der Waals surface area contributed by atoms with Gasteiger partial charge in [0.25, 0.3) is 23.4 Å². The first-order valence-electron chi connectivity index (χ1n) is 10.6. The number of nitro benzene ring substituents is 1. The number of hydrogen-bond acceptors (Lipinski definition) is 8. The molecule has 0 spiro atoms. The van der Waals surface area contributed by atoms with Crippen molar-refractivity contribution in [3.63, 3.8) is 0 Å². The fraction of sp³-hybridized carbons (Fsp3) is 0.304. The van der Waals surface area contributed by atoms with Gasteiger partial charge in [-0.2, -0.15) is 0 Å². The van der Waals surface area contributed by atoms with Gasteiger partial charge in [0.1, 0.15) is 24.1 Å². The average Bonchev–Trinajstić information content (AvgIpc) is 3.27. The first-order valence-corrected chi connectivity index (χ1v) is 12.6. The molecule has 0 radical (unpaired) electrons. The molecule has 4 atom stereocenters. The van der Waals surface area contributed by atoms with Gasteiger partial charge in [0.05, 0.1) is 20.8 Å². The highest BCUT2D eigenvalue weighted by Crippen LogP contribution is 2.54. The number of alkyl halides is 1. The summed E-state index contributed by atoms with van der Waals surface area (Å²) in [7, 11) is 0. The predicted octanol–water partition coefficient (Wildman–Crippen LogP) is 2.74. The quantitative estimate of drug-likeness (QED) is 0.132. The Labute approximate surface area is 211 Å². The second-order valence-electron chi connectivity index (χ2n) is 8.60. The highest BCUT2D eigenvalue weighted by atomic mass is 79.9. The van der Waals surface area contributed by atoms with Crippen molar-refractivity contribution in [2.75, 3.05) is 5.33 Å². The molecular formula is C23H18BrN3O7S. The minimum Gasteiger partial charge on any atom is -0.459 e. The largest absolute Gasteiger partial charge is 0.459 e. The van der Waals surface area contributed by atoms with E-state index in [4.69, 9.17) is 4.74 Å². The van der Waals surface area contributed by atoms with E-state index in [1.165, 1.54) is 40.9 Å². The Kier molecular flexibility index (Phi) is 5.67. The Bertz CT molecular complexity index is 1250. The van der Waals surface area contributed by atoms with Crippen LogP contribution in [0.5, 0.6) is 0 Å². The van der Waals surface area contributed by atoms with E-state index in [0.717, 1.165) is 4.90 Å². The zero-order valence-corrected chi connectivity index (χ0v) is 20.7. The molecule has 180 valence electrons. The number of esters is 1. The summed E-state index contributed by atoms with van der Waals surface area (Å²) in [4.78, 5) is 64.9. The normalized spacial score (nSPS) is 26.9. The zero-order chi connectivity index (χ0) is 25.1. The first-order chi connectivity index (χ1) is 16.7. The van der Waals surface area contributed by atoms with E-state index in [1.54, 1.807) is 24.3 Å². The molecule has 2 fully saturated rings. The molecule has 0 aromatic heterocycles. The molecule has 3 amide bonds. The van der Waals surface area contributed by atoms with Crippen molar-refractivity contribution in [1.29, 1.82) is 0 Å². The zero-order valence-electron chi connectivity index (χ0n) is 18.3. The van der Waals surface area contributed by atoms with Gasteiger partial charge in [-0.05, 0) is 36.8 Å². The number of nitrogens with zero attached hydrogens (tertiary/aromatic N) is 3. The molecule has 3 heterocycles. The number of β-lactam (4-membered cyclic amide) rings is 1. The minimum absolute atomic E-state index is 0.0765. The third-order valence-corrected chi connectivity index (χ3v) is 9.59. The second-order valence-corrected chi connectivity index (χ2v) is 10.8. The van der Waals surface area contributed by atoms with E-state index >= 15 is 0 Å². The van der Waals surface area contributed by atoms with Crippen molar-refractivity contribution in [2.24, 2.45) is 0 Å². The molecular weight excluding hydrogens is 542 g/mol. The average molecular weight is 560 g/mol. The van der Waals surface area contributed by atoms with Crippen molar-refractivity contribution in [3.8, 4) is 0 Å². The van der Waals surface area contributed by atoms with E-state index in [0.29, 0.717) is 10.9 Å². The van der Waals surface area contributed by atoms with Crippen LogP contribution >= 0.6 is 27.7 Å². The van der Waals surface area contributed by atoms with Gasteiger partial charge in [-0.3, -0.25) is 29.4 Å². The third-order valence-electron chi connectivity index (χ3n) is 6.42. The van der Waals surface area contributed by atoms with Crippen LogP contribution in [0.25, 0.3) is 0 Å². The van der Waals surface area contributed by atoms with Crippen LogP contribution in [0.2, 0.25) is 0 Å². The summed E-state index contributed by atoms with van der Waals surface area (Å²) in [5, 5.41) is 10.6. The molecule has 12 heteroatoms. The predicted molar refractivity (Wildman–Crippen MR) is 128 cm³/mol. The molecule has 3 aliphatic heterocycles. The number of amides is 3. The number of imide groups is 1. The Morgan fingerprint density at radius 1 is 1.11 bits per heavy atom. The van der Waals surface area contributed by atoms with E-state index in [9.17, 15) is 29.3 Å². The van der Waals surface area contributed by atoms with E-state index in [1.807, 2.05) is 6.92 Å². The molecule has 2 aromatic carbocycles. The van der Waals surface area contributed by atoms with Crippen LogP contribution in [0.1, 0.15) is 33.2 Å². The van der Waals surface area contributed by atoms with Crippen molar-refractivity contribution < 1.29 is 28.8 Å². The van der Waals surface area contributed by atoms with Crippen molar-refractivity contribution in [1.82, 2.24) is 9.80 Å². The van der Waals surface area contributed by atoms with Crippen molar-refractivity contribution in [2.45, 2.75) is 35.7 Å². The number of ether oxygens (including phenoxy) is 1. The number of benzene rings is 2. The number of rotatable bonds is 6. The summed E-state index contributed by atoms with van der Waals surface area (Å²) in [6.07, 6.45) is 0. The van der Waals surface area contributed by atoms with Crippen LogP contribution < -0.4 is 0 Å². The summed E-state index contributed by atoms with van der Waals surface area (Å²) >= 11 is 4.78. The fourth-order valence-electron chi connectivity index (χ4n) is 4.61. The molecule has 0 saturated carbocycles. The van der Waals surface area contributed by atoms with Crippen LogP contribution in [0, 0.1) is 10.1 Å². The summed E-state index contributed by atoms with van der Waals surface area (Å²) in [6.45, 7) is 1.69. The fourth-order valence-corrected chi connectivity index (χ4v) is 6.98. The summed E-state index contributed by atoms with van der Waals surface area (Å²) in [5.41, 5.74) is 1.00. The Morgan fingerprint density at radius 2 is 1.71 bits per heavy atom. The molecule has 4 unspecified atom stereocenters. The number of carbonyl (C=O) groups is 4. The maximum atomic E-state index is 13.2. The Morgan fingerprint density at radius 3 is 2.26 bits per heavy atom. The molecule has 0 N–H and O–H groups in total. The van der Waals surface area contributed by atoms with Gasteiger partial charge in [0.15, 0.2) is 0 Å². The molecule has 2 aromatic rings. The molecule has 3 aliphatic rings. The maximum absolute atomic E-state index is 13.2. The standard InChI is InChI=1S/C23H18BrN3O7S/c1-23(11-24)17(22(31)34-10-12-6-8-13(9-7-12)27(32)33)26-20(30)16(21(26)35-23)25-18(28)14-4-2-3-5-15(14)19(25)29/h2-9,16-17,21H,10-11H2,1H3. The second kappa shape index (κ2) is 8.45. The maximum Gasteiger partial charge on any atom is 0.330 e. The highest BCUT2D eigenvalue weighted by Gasteiger charge is 2.68. The summed E-state index contributed by atoms with van der Waals surface area (Å²) in [5.74, 6) is -2.16. The Hall–Kier alpha value is -3.25. The number of thioether (sulfide) groups is 1. The molecule has 5 rings (SSSR count). The van der Waals surface area contributed by atoms with Gasteiger partial charge < -0.3 is 9.64 Å². The van der Waals surface area contributed by atoms with Gasteiger partial charge in [-0.1, -0.05) is 28.1 Å². The Balaban J connectivity index is 1.34. The lowest BCUT2D eigenvalue weighted by molar-refractivity contribution is -0.384. The van der Waals surface area contributed by atoms with E-state index in [-0.39, 0.29) is 23.4 Å². The smallest absolute Gasteiger partial charge is 0.330 e. The van der Waals surface area contributed by atoms with E-state index < -0.39 is 50.8 Å². The van der Waals surface area contributed by atoms with Crippen LogP contribution in [0.4, 0.5) is 5.69 Å². The first kappa shape index (κ1) is 23.5. The van der Waals surface area contributed by atoms with Crippen molar-refractivity contribution in [3.05, 3.63) is 75.3 Å². The number of nitro groups is 1. The molecule has 35 heavy (non-hydrogen) atoms. The number of halogens is 1. The minimum atomic E-state index is -1.00. The van der Waals surface area contributed by atoms with E-state index in [2.05, 4.69) is 15.9 Å². The SMILES string of the molecule is CC1(CBr)SC2C(N3C(=O)c4ccccc4C3=O)C(=O)N2C1C(=O)OCc1ccc([N+](=O)[O-])cc1. The molecule has 10 nitrogen and oxygen atoms in total. The van der Waals surface area contributed by atoms with Gasteiger partial charge in [-0.15, -0.1) is 11.8 Å². The summed E-state index contributed by atoms with van der Waals surface area (Å²) < 4.78 is 4.72. The highest BCUT2D eigenvalue weighted by molar-refractivity contribution is 9.09. The lowest BCUT2D eigenvalue weighted by atomic mass is 9.95. The third kappa shape index (κ3) is 3.54. The van der Waals surface area contributed by atoms with Gasteiger partial charge in [-0.25, -0.2) is 4.79 Å². The topological polar surface area (TPSA) is 127 Å². The number of hydrogen-bond donors (Lipinski definition) is 0. The monoisotopic (exact) mass is 559 g/mol. The van der Waals surface area contributed by atoms with Crippen molar-refractivity contribution >= 4 is 57.1 Å². The van der Waals surface area contributed by atoms with Crippen LogP contribution in [0.15, 0.2) is 48.5 Å². The van der Waals surface area contributed by atoms with Gasteiger partial charge in [0.2, 0.25) is 0 Å². The molecule has 0 aliphatic carbocycles. The van der Waals surface area contributed by atoms with Gasteiger partial charge in [0, 0.05) is 17.5 Å². The van der Waals surface area contributed by atoms with Crippen LogP contribution in [0.3, 0.4) is 0 Å². The van der Waals surface area contributed by atoms with Gasteiger partial charge >= 0.3 is 5.97 Å². The number of fused-ring (bicyclic) bond motifs is 2. The number of non-ortho nitro benzene ring substituents is 1. The lowest BCUT2D eigenvalue weighted by Crippen LogP contribution is -2.71. The number of carbonyl (C=O) groups excluding carboxylic acids is 4. The van der Waals surface area contributed by atoms with Crippen LogP contribution in [-0.2, 0) is 20.9 Å². The van der Waals surface area contributed by atoms with Crippen LogP contribution in [-0.4, -0.2) is 65.9 Å². The lowest BCUT2D eigenvalue weighted by Gasteiger charge is -2.46. The molecule has 0 bridgehead atoms. The molecule has 2 saturated heterocycles.